The van der Waals surface area contributed by atoms with Crippen LogP contribution in [0.1, 0.15) is 30.0 Å². The number of rotatable bonds is 6. The van der Waals surface area contributed by atoms with E-state index in [2.05, 4.69) is 29.8 Å². The minimum atomic E-state index is 0.127. The number of aromatic nitrogens is 5. The third-order valence-corrected chi connectivity index (χ3v) is 4.97. The second-order valence-electron chi connectivity index (χ2n) is 7.06. The van der Waals surface area contributed by atoms with E-state index in [1.54, 1.807) is 12.4 Å². The molecule has 2 aromatic heterocycles. The van der Waals surface area contributed by atoms with Crippen molar-refractivity contribution >= 4 is 5.95 Å². The Labute approximate surface area is 175 Å². The molecule has 1 aromatic carbocycles. The van der Waals surface area contributed by atoms with Crippen molar-refractivity contribution in [2.24, 2.45) is 0 Å². The monoisotopic (exact) mass is 408 g/mol. The van der Waals surface area contributed by atoms with E-state index in [1.165, 1.54) is 19.8 Å². The van der Waals surface area contributed by atoms with Crippen LogP contribution in [-0.4, -0.2) is 52.2 Å². The molecule has 0 saturated carbocycles. The normalized spacial score (nSPS) is 16.2. The first-order chi connectivity index (χ1) is 14.7. The zero-order chi connectivity index (χ0) is 20.9. The number of ether oxygens (including phenoxy) is 3. The predicted molar refractivity (Wildman–Crippen MR) is 110 cm³/mol. The zero-order valence-corrected chi connectivity index (χ0v) is 17.3. The lowest BCUT2D eigenvalue weighted by atomic mass is 9.95. The van der Waals surface area contributed by atoms with Gasteiger partial charge in [0.1, 0.15) is 11.4 Å². The Morgan fingerprint density at radius 2 is 1.63 bits per heavy atom. The fourth-order valence-corrected chi connectivity index (χ4v) is 3.45. The Morgan fingerprint density at radius 1 is 0.933 bits per heavy atom. The predicted octanol–water partition coefficient (Wildman–Crippen LogP) is 3.16. The van der Waals surface area contributed by atoms with Crippen LogP contribution in [0, 0.1) is 6.92 Å². The number of benzene rings is 1. The standard InChI is InChI=1S/C21H24N6O3/c1-14-6-8-16(9-7-14)30-18-17(22-10-11-23-18)15-5-4-12-27(13-15)19-24-20(28-2)26-21(25-19)29-3/h6-11,15H,4-5,12-13H2,1-3H3. The number of hydrogen-bond acceptors (Lipinski definition) is 9. The van der Waals surface area contributed by atoms with E-state index in [0.29, 0.717) is 18.4 Å². The van der Waals surface area contributed by atoms with Crippen LogP contribution in [0.5, 0.6) is 23.7 Å². The first-order valence-electron chi connectivity index (χ1n) is 9.80. The molecule has 9 heteroatoms. The summed E-state index contributed by atoms with van der Waals surface area (Å²) in [5, 5.41) is 0. The van der Waals surface area contributed by atoms with E-state index in [-0.39, 0.29) is 17.9 Å². The zero-order valence-electron chi connectivity index (χ0n) is 17.3. The van der Waals surface area contributed by atoms with Crippen molar-refractivity contribution in [1.82, 2.24) is 24.9 Å². The highest BCUT2D eigenvalue weighted by Gasteiger charge is 2.28. The lowest BCUT2D eigenvalue weighted by Crippen LogP contribution is -2.36. The van der Waals surface area contributed by atoms with Gasteiger partial charge in [0.25, 0.3) is 0 Å². The van der Waals surface area contributed by atoms with Gasteiger partial charge in [0, 0.05) is 31.4 Å². The highest BCUT2D eigenvalue weighted by atomic mass is 16.5. The maximum Gasteiger partial charge on any atom is 0.324 e. The highest BCUT2D eigenvalue weighted by molar-refractivity contribution is 5.37. The Balaban J connectivity index is 1.57. The van der Waals surface area contributed by atoms with Crippen molar-refractivity contribution in [3.05, 3.63) is 47.9 Å². The summed E-state index contributed by atoms with van der Waals surface area (Å²) in [6.07, 6.45) is 5.28. The van der Waals surface area contributed by atoms with Crippen molar-refractivity contribution < 1.29 is 14.2 Å². The smallest absolute Gasteiger partial charge is 0.324 e. The SMILES string of the molecule is COc1nc(OC)nc(N2CCCC(c3nccnc3Oc3ccc(C)cc3)C2)n1. The number of nitrogens with zero attached hydrogens (tertiary/aromatic N) is 6. The topological polar surface area (TPSA) is 95.4 Å². The molecule has 4 rings (SSSR count). The Hall–Kier alpha value is -3.49. The summed E-state index contributed by atoms with van der Waals surface area (Å²) < 4.78 is 16.4. The van der Waals surface area contributed by atoms with Crippen LogP contribution in [0.25, 0.3) is 0 Å². The number of aryl methyl sites for hydroxylation is 1. The number of piperidine rings is 1. The van der Waals surface area contributed by atoms with Gasteiger partial charge in [-0.1, -0.05) is 17.7 Å². The van der Waals surface area contributed by atoms with Gasteiger partial charge in [-0.15, -0.1) is 4.98 Å². The van der Waals surface area contributed by atoms with Gasteiger partial charge in [-0.25, -0.2) is 4.98 Å². The molecule has 9 nitrogen and oxygen atoms in total. The van der Waals surface area contributed by atoms with Crippen LogP contribution in [0.4, 0.5) is 5.95 Å². The Bertz CT molecular complexity index is 976. The fourth-order valence-electron chi connectivity index (χ4n) is 3.45. The molecular formula is C21H24N6O3. The van der Waals surface area contributed by atoms with Gasteiger partial charge in [0.05, 0.1) is 14.2 Å². The minimum Gasteiger partial charge on any atom is -0.467 e. The summed E-state index contributed by atoms with van der Waals surface area (Å²) in [6.45, 7) is 3.54. The molecule has 1 unspecified atom stereocenters. The summed E-state index contributed by atoms with van der Waals surface area (Å²) >= 11 is 0. The summed E-state index contributed by atoms with van der Waals surface area (Å²) in [5.41, 5.74) is 2.00. The van der Waals surface area contributed by atoms with E-state index in [1.807, 2.05) is 31.2 Å². The molecule has 1 saturated heterocycles. The van der Waals surface area contributed by atoms with E-state index in [9.17, 15) is 0 Å². The molecule has 156 valence electrons. The van der Waals surface area contributed by atoms with E-state index < -0.39 is 0 Å². The molecule has 0 N–H and O–H groups in total. The molecule has 1 aliphatic rings. The molecule has 0 bridgehead atoms. The minimum absolute atomic E-state index is 0.127. The van der Waals surface area contributed by atoms with Crippen molar-refractivity contribution in [2.75, 3.05) is 32.2 Å². The average Bonchev–Trinajstić information content (AvgIpc) is 2.80. The summed E-state index contributed by atoms with van der Waals surface area (Å²) in [6, 6.07) is 8.34. The van der Waals surface area contributed by atoms with E-state index >= 15 is 0 Å². The van der Waals surface area contributed by atoms with Gasteiger partial charge in [0.15, 0.2) is 0 Å². The Kier molecular flexibility index (Phi) is 5.87. The molecule has 0 spiro atoms. The summed E-state index contributed by atoms with van der Waals surface area (Å²) in [5.74, 6) is 1.91. The fraction of sp³-hybridized carbons (Fsp3) is 0.381. The third kappa shape index (κ3) is 4.40. The molecule has 3 aromatic rings. The number of hydrogen-bond donors (Lipinski definition) is 0. The van der Waals surface area contributed by atoms with Gasteiger partial charge >= 0.3 is 12.0 Å². The van der Waals surface area contributed by atoms with Crippen LogP contribution < -0.4 is 19.1 Å². The molecule has 0 aliphatic carbocycles. The number of methoxy groups -OCH3 is 2. The van der Waals surface area contributed by atoms with Crippen LogP contribution >= 0.6 is 0 Å². The average molecular weight is 408 g/mol. The van der Waals surface area contributed by atoms with Gasteiger partial charge in [-0.3, -0.25) is 4.98 Å². The van der Waals surface area contributed by atoms with Gasteiger partial charge < -0.3 is 19.1 Å². The second-order valence-corrected chi connectivity index (χ2v) is 7.06. The largest absolute Gasteiger partial charge is 0.467 e. The first-order valence-corrected chi connectivity index (χ1v) is 9.80. The summed E-state index contributed by atoms with van der Waals surface area (Å²) in [7, 11) is 3.04. The van der Waals surface area contributed by atoms with Crippen molar-refractivity contribution in [1.29, 1.82) is 0 Å². The van der Waals surface area contributed by atoms with Crippen LogP contribution in [0.3, 0.4) is 0 Å². The van der Waals surface area contributed by atoms with Crippen LogP contribution in [-0.2, 0) is 0 Å². The maximum absolute atomic E-state index is 6.06. The van der Waals surface area contributed by atoms with Gasteiger partial charge in [-0.2, -0.15) is 9.97 Å². The van der Waals surface area contributed by atoms with Gasteiger partial charge in [0.2, 0.25) is 11.8 Å². The molecule has 1 fully saturated rings. The van der Waals surface area contributed by atoms with Crippen molar-refractivity contribution in [2.45, 2.75) is 25.7 Å². The van der Waals surface area contributed by atoms with Crippen molar-refractivity contribution in [3.8, 4) is 23.7 Å². The second kappa shape index (κ2) is 8.89. The van der Waals surface area contributed by atoms with E-state index in [4.69, 9.17) is 14.2 Å². The molecule has 1 aliphatic heterocycles. The van der Waals surface area contributed by atoms with Crippen molar-refractivity contribution in [3.63, 3.8) is 0 Å². The first kappa shape index (κ1) is 19.8. The van der Waals surface area contributed by atoms with Crippen LogP contribution in [0.2, 0.25) is 0 Å². The molecular weight excluding hydrogens is 384 g/mol. The molecule has 30 heavy (non-hydrogen) atoms. The number of anilines is 1. The molecule has 0 amide bonds. The molecule has 1 atom stereocenters. The maximum atomic E-state index is 6.06. The highest BCUT2D eigenvalue weighted by Crippen LogP contribution is 2.34. The molecule has 0 radical (unpaired) electrons. The van der Waals surface area contributed by atoms with Crippen LogP contribution in [0.15, 0.2) is 36.7 Å². The summed E-state index contributed by atoms with van der Waals surface area (Å²) in [4.78, 5) is 24.0. The quantitative estimate of drug-likeness (QED) is 0.609. The van der Waals surface area contributed by atoms with Gasteiger partial charge in [-0.05, 0) is 31.9 Å². The lowest BCUT2D eigenvalue weighted by molar-refractivity contribution is 0.338. The third-order valence-electron chi connectivity index (χ3n) is 4.97. The Morgan fingerprint density at radius 3 is 2.33 bits per heavy atom. The molecule has 3 heterocycles. The van der Waals surface area contributed by atoms with E-state index in [0.717, 1.165) is 30.8 Å². The lowest BCUT2D eigenvalue weighted by Gasteiger charge is -2.32.